The zero-order chi connectivity index (χ0) is 15.5. The first-order valence-electron chi connectivity index (χ1n) is 7.69. The number of carboxylic acids is 1. The summed E-state index contributed by atoms with van der Waals surface area (Å²) in [6.45, 7) is 5.00. The predicted octanol–water partition coefficient (Wildman–Crippen LogP) is 3.48. The largest absolute Gasteiger partial charge is 0.497 e. The highest BCUT2D eigenvalue weighted by Crippen LogP contribution is 2.40. The predicted molar refractivity (Wildman–Crippen MR) is 82.6 cm³/mol. The summed E-state index contributed by atoms with van der Waals surface area (Å²) in [7, 11) is 1.65. The molecule has 1 fully saturated rings. The van der Waals surface area contributed by atoms with Crippen LogP contribution in [0.4, 0.5) is 0 Å². The van der Waals surface area contributed by atoms with Crippen molar-refractivity contribution in [3.63, 3.8) is 0 Å². The fraction of sp³-hybridized carbons (Fsp3) is 0.588. The summed E-state index contributed by atoms with van der Waals surface area (Å²) in [5, 5.41) is 9.78. The monoisotopic (exact) mass is 291 g/mol. The molecule has 0 saturated carbocycles. The zero-order valence-electron chi connectivity index (χ0n) is 13.1. The van der Waals surface area contributed by atoms with E-state index in [1.165, 1.54) is 0 Å². The van der Waals surface area contributed by atoms with E-state index in [9.17, 15) is 9.90 Å². The Morgan fingerprint density at radius 2 is 2.10 bits per heavy atom. The lowest BCUT2D eigenvalue weighted by atomic mass is 9.89. The number of likely N-dealkylation sites (tertiary alicyclic amines) is 1. The third-order valence-corrected chi connectivity index (χ3v) is 4.67. The molecule has 0 bridgehead atoms. The molecule has 1 aromatic carbocycles. The zero-order valence-corrected chi connectivity index (χ0v) is 13.1. The molecule has 0 aliphatic carbocycles. The van der Waals surface area contributed by atoms with Gasteiger partial charge in [-0.2, -0.15) is 0 Å². The minimum Gasteiger partial charge on any atom is -0.497 e. The van der Waals surface area contributed by atoms with Crippen LogP contribution in [-0.2, 0) is 4.79 Å². The molecule has 0 amide bonds. The molecule has 4 heteroatoms. The van der Waals surface area contributed by atoms with Crippen LogP contribution in [0.5, 0.6) is 5.75 Å². The number of aliphatic carboxylic acids is 1. The quantitative estimate of drug-likeness (QED) is 0.872. The lowest BCUT2D eigenvalue weighted by molar-refractivity contribution is -0.151. The number of rotatable bonds is 6. The van der Waals surface area contributed by atoms with Crippen molar-refractivity contribution in [3.8, 4) is 5.75 Å². The van der Waals surface area contributed by atoms with E-state index in [4.69, 9.17) is 4.74 Å². The first-order valence-corrected chi connectivity index (χ1v) is 7.69. The maximum atomic E-state index is 11.9. The van der Waals surface area contributed by atoms with E-state index >= 15 is 0 Å². The second kappa shape index (κ2) is 6.48. The van der Waals surface area contributed by atoms with E-state index < -0.39 is 11.5 Å². The summed E-state index contributed by atoms with van der Waals surface area (Å²) >= 11 is 0. The van der Waals surface area contributed by atoms with Crippen LogP contribution in [0, 0.1) is 0 Å². The number of ether oxygens (including phenoxy) is 1. The fourth-order valence-electron chi connectivity index (χ4n) is 3.55. The highest BCUT2D eigenvalue weighted by Gasteiger charge is 2.48. The molecule has 1 aliphatic heterocycles. The number of carboxylic acid groups (broad SMARTS) is 1. The summed E-state index contributed by atoms with van der Waals surface area (Å²) < 4.78 is 5.18. The molecule has 2 rings (SSSR count). The summed E-state index contributed by atoms with van der Waals surface area (Å²) in [5.74, 6) is 0.146. The van der Waals surface area contributed by atoms with Crippen LogP contribution >= 0.6 is 0 Å². The standard InChI is InChI=1S/C17H25NO3/c1-4-10-17(16(19)20)11-5-12-18(17)13(2)14-6-8-15(21-3)9-7-14/h6-9,13H,4-5,10-12H2,1-3H3,(H,19,20). The smallest absolute Gasteiger partial charge is 0.324 e. The minimum atomic E-state index is -0.700. The van der Waals surface area contributed by atoms with E-state index in [0.29, 0.717) is 6.42 Å². The van der Waals surface area contributed by atoms with Gasteiger partial charge in [0.2, 0.25) is 0 Å². The van der Waals surface area contributed by atoms with Crippen molar-refractivity contribution < 1.29 is 14.6 Å². The van der Waals surface area contributed by atoms with Crippen LogP contribution in [0.15, 0.2) is 24.3 Å². The summed E-state index contributed by atoms with van der Waals surface area (Å²) in [5.41, 5.74) is 0.438. The number of benzene rings is 1. The number of hydrogen-bond acceptors (Lipinski definition) is 3. The van der Waals surface area contributed by atoms with Gasteiger partial charge in [0.15, 0.2) is 0 Å². The van der Waals surface area contributed by atoms with Gasteiger partial charge in [0.25, 0.3) is 0 Å². The Hall–Kier alpha value is -1.55. The van der Waals surface area contributed by atoms with Gasteiger partial charge in [-0.15, -0.1) is 0 Å². The SMILES string of the molecule is CCCC1(C(=O)O)CCCN1C(C)c1ccc(OC)cc1. The van der Waals surface area contributed by atoms with Crippen molar-refractivity contribution in [1.29, 1.82) is 0 Å². The van der Waals surface area contributed by atoms with E-state index in [-0.39, 0.29) is 6.04 Å². The average molecular weight is 291 g/mol. The molecule has 0 radical (unpaired) electrons. The summed E-state index contributed by atoms with van der Waals surface area (Å²) in [6, 6.07) is 8.02. The second-order valence-electron chi connectivity index (χ2n) is 5.83. The Morgan fingerprint density at radius 3 is 2.62 bits per heavy atom. The summed E-state index contributed by atoms with van der Waals surface area (Å²) in [4.78, 5) is 14.1. The van der Waals surface area contributed by atoms with Crippen molar-refractivity contribution in [2.45, 2.75) is 51.1 Å². The Bertz CT molecular complexity index is 485. The Labute approximate surface area is 126 Å². The van der Waals surface area contributed by atoms with Gasteiger partial charge in [-0.3, -0.25) is 9.69 Å². The van der Waals surface area contributed by atoms with Crippen LogP contribution < -0.4 is 4.74 Å². The average Bonchev–Trinajstić information content (AvgIpc) is 2.92. The van der Waals surface area contributed by atoms with E-state index in [1.807, 2.05) is 24.3 Å². The molecule has 1 aliphatic rings. The van der Waals surface area contributed by atoms with Crippen LogP contribution in [0.2, 0.25) is 0 Å². The van der Waals surface area contributed by atoms with Gasteiger partial charge in [-0.1, -0.05) is 25.5 Å². The molecule has 0 aromatic heterocycles. The molecule has 1 heterocycles. The molecule has 1 N–H and O–H groups in total. The lowest BCUT2D eigenvalue weighted by Crippen LogP contribution is -2.51. The molecular formula is C17H25NO3. The van der Waals surface area contributed by atoms with Crippen molar-refractivity contribution in [2.75, 3.05) is 13.7 Å². The molecular weight excluding hydrogens is 266 g/mol. The molecule has 2 atom stereocenters. The van der Waals surface area contributed by atoms with Gasteiger partial charge in [-0.05, 0) is 50.4 Å². The third-order valence-electron chi connectivity index (χ3n) is 4.67. The molecule has 1 aromatic rings. The maximum Gasteiger partial charge on any atom is 0.324 e. The number of methoxy groups -OCH3 is 1. The number of nitrogens with zero attached hydrogens (tertiary/aromatic N) is 1. The molecule has 0 spiro atoms. The van der Waals surface area contributed by atoms with Crippen LogP contribution in [0.25, 0.3) is 0 Å². The maximum absolute atomic E-state index is 11.9. The van der Waals surface area contributed by atoms with Crippen molar-refractivity contribution >= 4 is 5.97 Å². The Kier molecular flexibility index (Phi) is 4.88. The van der Waals surface area contributed by atoms with Crippen LogP contribution in [0.1, 0.15) is 51.1 Å². The molecule has 2 unspecified atom stereocenters. The van der Waals surface area contributed by atoms with Gasteiger partial charge in [-0.25, -0.2) is 0 Å². The van der Waals surface area contributed by atoms with E-state index in [1.54, 1.807) is 7.11 Å². The normalized spacial score (nSPS) is 24.0. The Morgan fingerprint density at radius 1 is 1.43 bits per heavy atom. The van der Waals surface area contributed by atoms with Crippen molar-refractivity contribution in [3.05, 3.63) is 29.8 Å². The van der Waals surface area contributed by atoms with Gasteiger partial charge >= 0.3 is 5.97 Å². The lowest BCUT2D eigenvalue weighted by Gasteiger charge is -2.39. The van der Waals surface area contributed by atoms with Gasteiger partial charge < -0.3 is 9.84 Å². The fourth-order valence-corrected chi connectivity index (χ4v) is 3.55. The molecule has 21 heavy (non-hydrogen) atoms. The minimum absolute atomic E-state index is 0.0982. The third kappa shape index (κ3) is 2.91. The van der Waals surface area contributed by atoms with Crippen LogP contribution in [0.3, 0.4) is 0 Å². The molecule has 1 saturated heterocycles. The summed E-state index contributed by atoms with van der Waals surface area (Å²) in [6.07, 6.45) is 3.30. The van der Waals surface area contributed by atoms with Crippen molar-refractivity contribution in [2.24, 2.45) is 0 Å². The van der Waals surface area contributed by atoms with Crippen molar-refractivity contribution in [1.82, 2.24) is 4.90 Å². The van der Waals surface area contributed by atoms with E-state index in [0.717, 1.165) is 37.1 Å². The van der Waals surface area contributed by atoms with E-state index in [2.05, 4.69) is 18.7 Å². The molecule has 116 valence electrons. The van der Waals surface area contributed by atoms with Gasteiger partial charge in [0.1, 0.15) is 11.3 Å². The Balaban J connectivity index is 2.26. The molecule has 4 nitrogen and oxygen atoms in total. The number of carbonyl (C=O) groups is 1. The topological polar surface area (TPSA) is 49.8 Å². The first-order chi connectivity index (χ1) is 10.0. The van der Waals surface area contributed by atoms with Crippen LogP contribution in [-0.4, -0.2) is 35.2 Å². The van der Waals surface area contributed by atoms with Gasteiger partial charge in [0.05, 0.1) is 7.11 Å². The second-order valence-corrected chi connectivity index (χ2v) is 5.83. The number of hydrogen-bond donors (Lipinski definition) is 1. The highest BCUT2D eigenvalue weighted by molar-refractivity contribution is 5.79. The van der Waals surface area contributed by atoms with Gasteiger partial charge in [0, 0.05) is 6.04 Å². The first kappa shape index (κ1) is 15.8. The highest BCUT2D eigenvalue weighted by atomic mass is 16.5.